The highest BCUT2D eigenvalue weighted by Gasteiger charge is 2.45. The summed E-state index contributed by atoms with van der Waals surface area (Å²) in [5.74, 6) is -1.24. The fourth-order valence-electron chi connectivity index (χ4n) is 2.79. The molecule has 0 aromatic carbocycles. The first-order valence-electron chi connectivity index (χ1n) is 6.92. The summed E-state index contributed by atoms with van der Waals surface area (Å²) >= 11 is 0.518. The second kappa shape index (κ2) is 5.34. The van der Waals surface area contributed by atoms with Gasteiger partial charge in [-0.2, -0.15) is 22.5 Å². The van der Waals surface area contributed by atoms with Crippen molar-refractivity contribution in [3.63, 3.8) is 0 Å². The summed E-state index contributed by atoms with van der Waals surface area (Å²) in [7, 11) is 0. The highest BCUT2D eigenvalue weighted by atomic mass is 32.1. The van der Waals surface area contributed by atoms with Gasteiger partial charge in [0.05, 0.1) is 18.2 Å². The number of nitrogens with one attached hydrogen (secondary N) is 1. The molecule has 1 saturated carbocycles. The first-order valence-corrected chi connectivity index (χ1v) is 7.69. The van der Waals surface area contributed by atoms with Gasteiger partial charge >= 0.3 is 12.2 Å². The number of urea groups is 1. The molecule has 10 heteroatoms. The van der Waals surface area contributed by atoms with Crippen LogP contribution in [0.25, 0.3) is 0 Å². The normalized spacial score (nSPS) is 24.2. The van der Waals surface area contributed by atoms with Gasteiger partial charge in [-0.15, -0.1) is 0 Å². The maximum absolute atomic E-state index is 12.4. The number of nitrogens with zero attached hydrogens (tertiary/aromatic N) is 3. The van der Waals surface area contributed by atoms with Gasteiger partial charge in [0.1, 0.15) is 0 Å². The maximum Gasteiger partial charge on any atom is 0.452 e. The fraction of sp³-hybridized carbons (Fsp3) is 0.750. The van der Waals surface area contributed by atoms with Crippen molar-refractivity contribution < 1.29 is 22.7 Å². The molecular formula is C12H15F3N4O2S. The lowest BCUT2D eigenvalue weighted by atomic mass is 9.78. The smallest absolute Gasteiger partial charge is 0.368 e. The SMILES string of the molecule is CC1CN(C(=O)Nc2nc(C(F)(F)F)ns2)CC2(CCC2)O1. The Morgan fingerprint density at radius 1 is 1.50 bits per heavy atom. The number of alkyl halides is 3. The summed E-state index contributed by atoms with van der Waals surface area (Å²) in [5.41, 5.74) is -0.284. The van der Waals surface area contributed by atoms with Crippen LogP contribution in [0, 0.1) is 0 Å². The van der Waals surface area contributed by atoms with E-state index in [4.69, 9.17) is 4.74 Å². The molecule has 3 rings (SSSR count). The summed E-state index contributed by atoms with van der Waals surface area (Å²) in [5, 5.41) is 2.23. The number of hydrogen-bond donors (Lipinski definition) is 1. The Morgan fingerprint density at radius 2 is 2.23 bits per heavy atom. The van der Waals surface area contributed by atoms with E-state index in [0.717, 1.165) is 19.3 Å². The summed E-state index contributed by atoms with van der Waals surface area (Å²) in [6.45, 7) is 2.73. The number of carbonyl (C=O) groups is 1. The quantitative estimate of drug-likeness (QED) is 0.856. The summed E-state index contributed by atoms with van der Waals surface area (Å²) < 4.78 is 46.4. The van der Waals surface area contributed by atoms with Crippen molar-refractivity contribution in [2.45, 2.75) is 44.1 Å². The molecule has 1 unspecified atom stereocenters. The molecule has 1 aliphatic carbocycles. The van der Waals surface area contributed by atoms with Crippen LogP contribution in [0.5, 0.6) is 0 Å². The van der Waals surface area contributed by atoms with E-state index >= 15 is 0 Å². The van der Waals surface area contributed by atoms with Crippen molar-refractivity contribution >= 4 is 22.7 Å². The number of anilines is 1. The van der Waals surface area contributed by atoms with Gasteiger partial charge in [0.2, 0.25) is 11.0 Å². The van der Waals surface area contributed by atoms with Gasteiger partial charge in [0, 0.05) is 18.1 Å². The fourth-order valence-corrected chi connectivity index (χ4v) is 3.36. The summed E-state index contributed by atoms with van der Waals surface area (Å²) in [6.07, 6.45) is -1.84. The van der Waals surface area contributed by atoms with Crippen LogP contribution >= 0.6 is 11.5 Å². The molecule has 2 heterocycles. The molecule has 0 bridgehead atoms. The van der Waals surface area contributed by atoms with Crippen LogP contribution < -0.4 is 5.32 Å². The molecule has 1 saturated heterocycles. The van der Waals surface area contributed by atoms with Gasteiger partial charge in [-0.1, -0.05) is 0 Å². The second-order valence-corrected chi connectivity index (χ2v) is 6.45. The average molecular weight is 336 g/mol. The van der Waals surface area contributed by atoms with Gasteiger partial charge in [-0.05, 0) is 26.2 Å². The lowest BCUT2D eigenvalue weighted by molar-refractivity contribution is -0.174. The molecule has 1 N–H and O–H groups in total. The van der Waals surface area contributed by atoms with Crippen LogP contribution in [0.1, 0.15) is 32.0 Å². The van der Waals surface area contributed by atoms with Crippen LogP contribution in [0.4, 0.5) is 23.1 Å². The zero-order chi connectivity index (χ0) is 16.0. The molecule has 6 nitrogen and oxygen atoms in total. The predicted octanol–water partition coefficient (Wildman–Crippen LogP) is 2.73. The van der Waals surface area contributed by atoms with Crippen LogP contribution in [-0.4, -0.2) is 45.1 Å². The largest absolute Gasteiger partial charge is 0.452 e. The molecular weight excluding hydrogens is 321 g/mol. The molecule has 2 fully saturated rings. The zero-order valence-electron chi connectivity index (χ0n) is 11.8. The molecule has 1 aliphatic heterocycles. The molecule has 22 heavy (non-hydrogen) atoms. The van der Waals surface area contributed by atoms with Gasteiger partial charge in [0.15, 0.2) is 0 Å². The third-order valence-corrected chi connectivity index (χ3v) is 4.48. The van der Waals surface area contributed by atoms with E-state index in [0.29, 0.717) is 24.6 Å². The maximum atomic E-state index is 12.4. The Hall–Kier alpha value is -1.42. The van der Waals surface area contributed by atoms with E-state index < -0.39 is 18.0 Å². The molecule has 1 atom stereocenters. The molecule has 1 aromatic rings. The molecule has 2 aliphatic rings. The highest BCUT2D eigenvalue weighted by Crippen LogP contribution is 2.40. The Balaban J connectivity index is 1.65. The topological polar surface area (TPSA) is 67.4 Å². The minimum atomic E-state index is -4.61. The van der Waals surface area contributed by atoms with E-state index in [2.05, 4.69) is 14.7 Å². The first-order chi connectivity index (χ1) is 10.3. The van der Waals surface area contributed by atoms with E-state index in [1.54, 1.807) is 4.90 Å². The summed E-state index contributed by atoms with van der Waals surface area (Å²) in [4.78, 5) is 17.1. The van der Waals surface area contributed by atoms with Crippen molar-refractivity contribution in [1.29, 1.82) is 0 Å². The van der Waals surface area contributed by atoms with Gasteiger partial charge in [-0.3, -0.25) is 5.32 Å². The molecule has 1 spiro atoms. The Morgan fingerprint density at radius 3 is 2.77 bits per heavy atom. The van der Waals surface area contributed by atoms with Crippen LogP contribution in [-0.2, 0) is 10.9 Å². The van der Waals surface area contributed by atoms with Crippen molar-refractivity contribution in [2.75, 3.05) is 18.4 Å². The third-order valence-electron chi connectivity index (χ3n) is 3.85. The number of amides is 2. The van der Waals surface area contributed by atoms with Gasteiger partial charge in [-0.25, -0.2) is 4.79 Å². The number of hydrogen-bond acceptors (Lipinski definition) is 5. The summed E-state index contributed by atoms with van der Waals surface area (Å²) in [6, 6.07) is -0.466. The standard InChI is InChI=1S/C12H15F3N4O2S/c1-7-5-19(6-11(21-7)3-2-4-11)10(20)17-9-16-8(18-22-9)12(13,14)15/h7H,2-6H2,1H3,(H,16,17,18,20). The third kappa shape index (κ3) is 3.02. The number of carbonyl (C=O) groups excluding carboxylic acids is 1. The predicted molar refractivity (Wildman–Crippen MR) is 72.6 cm³/mol. The van der Waals surface area contributed by atoms with Crippen LogP contribution in [0.15, 0.2) is 0 Å². The Kier molecular flexibility index (Phi) is 3.76. The second-order valence-electron chi connectivity index (χ2n) is 5.70. The average Bonchev–Trinajstić information content (AvgIpc) is 2.84. The number of rotatable bonds is 1. The minimum Gasteiger partial charge on any atom is -0.368 e. The molecule has 2 amide bonds. The van der Waals surface area contributed by atoms with Crippen LogP contribution in [0.2, 0.25) is 0 Å². The number of aromatic nitrogens is 2. The van der Waals surface area contributed by atoms with E-state index in [-0.39, 0.29) is 16.8 Å². The number of morpholine rings is 1. The van der Waals surface area contributed by atoms with Crippen molar-refractivity contribution in [3.8, 4) is 0 Å². The first kappa shape index (κ1) is 15.5. The number of halogens is 3. The van der Waals surface area contributed by atoms with E-state index in [1.165, 1.54) is 0 Å². The monoisotopic (exact) mass is 336 g/mol. The minimum absolute atomic E-state index is 0.0973. The number of ether oxygens (including phenoxy) is 1. The Bertz CT molecular complexity index is 573. The van der Waals surface area contributed by atoms with E-state index in [9.17, 15) is 18.0 Å². The van der Waals surface area contributed by atoms with Crippen molar-refractivity contribution in [3.05, 3.63) is 5.82 Å². The van der Waals surface area contributed by atoms with Gasteiger partial charge < -0.3 is 9.64 Å². The molecule has 0 radical (unpaired) electrons. The highest BCUT2D eigenvalue weighted by molar-refractivity contribution is 7.09. The van der Waals surface area contributed by atoms with E-state index in [1.807, 2.05) is 6.92 Å². The van der Waals surface area contributed by atoms with Crippen LogP contribution in [0.3, 0.4) is 0 Å². The lowest BCUT2D eigenvalue weighted by Crippen LogP contribution is -2.60. The lowest BCUT2D eigenvalue weighted by Gasteiger charge is -2.50. The Labute approximate surface area is 128 Å². The zero-order valence-corrected chi connectivity index (χ0v) is 12.6. The van der Waals surface area contributed by atoms with Crippen molar-refractivity contribution in [1.82, 2.24) is 14.3 Å². The molecule has 1 aromatic heterocycles. The van der Waals surface area contributed by atoms with Gasteiger partial charge in [0.25, 0.3) is 0 Å². The van der Waals surface area contributed by atoms with Crippen molar-refractivity contribution in [2.24, 2.45) is 0 Å². The molecule has 122 valence electrons.